The molecule has 0 unspecified atom stereocenters. The molecule has 5 nitrogen and oxygen atoms in total. The highest BCUT2D eigenvalue weighted by Gasteiger charge is 2.12. The zero-order chi connectivity index (χ0) is 14.7. The highest BCUT2D eigenvalue weighted by molar-refractivity contribution is 5.96. The van der Waals surface area contributed by atoms with Gasteiger partial charge in [0.05, 0.1) is 17.4 Å². The second kappa shape index (κ2) is 5.50. The largest absolute Gasteiger partial charge is 0.478 e. The van der Waals surface area contributed by atoms with E-state index in [-0.39, 0.29) is 5.56 Å². The number of aromatic amines is 1. The minimum Gasteiger partial charge on any atom is -0.478 e. The molecule has 3 N–H and O–H groups in total. The maximum Gasteiger partial charge on any atom is 0.337 e. The fraction of sp³-hybridized carbons (Fsp3) is 0. The zero-order valence-corrected chi connectivity index (χ0v) is 11.1. The number of rotatable bonds is 4. The van der Waals surface area contributed by atoms with Gasteiger partial charge in [0.2, 0.25) is 0 Å². The second-order valence-corrected chi connectivity index (χ2v) is 4.54. The van der Waals surface area contributed by atoms with Crippen LogP contribution in [-0.4, -0.2) is 21.3 Å². The first-order chi connectivity index (χ1) is 10.2. The summed E-state index contributed by atoms with van der Waals surface area (Å²) in [6.07, 6.45) is 3.39. The van der Waals surface area contributed by atoms with Gasteiger partial charge in [-0.05, 0) is 29.8 Å². The van der Waals surface area contributed by atoms with E-state index in [9.17, 15) is 9.90 Å². The predicted molar refractivity (Wildman–Crippen MR) is 80.7 cm³/mol. The van der Waals surface area contributed by atoms with Crippen molar-refractivity contribution in [2.45, 2.75) is 0 Å². The van der Waals surface area contributed by atoms with E-state index in [0.29, 0.717) is 5.69 Å². The summed E-state index contributed by atoms with van der Waals surface area (Å²) in [4.78, 5) is 11.5. The number of aromatic nitrogens is 2. The lowest BCUT2D eigenvalue weighted by atomic mass is 10.0. The van der Waals surface area contributed by atoms with Crippen LogP contribution in [0.5, 0.6) is 0 Å². The van der Waals surface area contributed by atoms with E-state index in [2.05, 4.69) is 15.5 Å². The highest BCUT2D eigenvalue weighted by atomic mass is 16.4. The van der Waals surface area contributed by atoms with E-state index in [1.165, 1.54) is 0 Å². The van der Waals surface area contributed by atoms with Crippen LogP contribution < -0.4 is 5.32 Å². The van der Waals surface area contributed by atoms with Crippen molar-refractivity contribution in [1.82, 2.24) is 10.2 Å². The smallest absolute Gasteiger partial charge is 0.337 e. The van der Waals surface area contributed by atoms with Crippen LogP contribution in [0.15, 0.2) is 60.9 Å². The Bertz CT molecular complexity index is 752. The van der Waals surface area contributed by atoms with Gasteiger partial charge in [-0.2, -0.15) is 5.10 Å². The fourth-order valence-electron chi connectivity index (χ4n) is 2.10. The van der Waals surface area contributed by atoms with Crippen molar-refractivity contribution < 1.29 is 9.90 Å². The Morgan fingerprint density at radius 2 is 1.90 bits per heavy atom. The maximum atomic E-state index is 11.5. The third-order valence-electron chi connectivity index (χ3n) is 3.13. The van der Waals surface area contributed by atoms with Crippen molar-refractivity contribution in [2.24, 2.45) is 0 Å². The lowest BCUT2D eigenvalue weighted by molar-refractivity contribution is 0.0698. The third-order valence-corrected chi connectivity index (χ3v) is 3.13. The van der Waals surface area contributed by atoms with Crippen molar-refractivity contribution >= 4 is 17.3 Å². The van der Waals surface area contributed by atoms with Crippen LogP contribution >= 0.6 is 0 Å². The molecule has 1 heterocycles. The highest BCUT2D eigenvalue weighted by Crippen LogP contribution is 2.27. The van der Waals surface area contributed by atoms with Crippen LogP contribution in [0.25, 0.3) is 11.1 Å². The van der Waals surface area contributed by atoms with E-state index in [4.69, 9.17) is 0 Å². The number of benzene rings is 2. The number of carbonyl (C=O) groups is 1. The van der Waals surface area contributed by atoms with Gasteiger partial charge in [0.15, 0.2) is 0 Å². The summed E-state index contributed by atoms with van der Waals surface area (Å²) < 4.78 is 0. The van der Waals surface area contributed by atoms with Crippen LogP contribution in [0.4, 0.5) is 11.4 Å². The summed E-state index contributed by atoms with van der Waals surface area (Å²) in [7, 11) is 0. The summed E-state index contributed by atoms with van der Waals surface area (Å²) >= 11 is 0. The molecule has 21 heavy (non-hydrogen) atoms. The number of hydrogen-bond acceptors (Lipinski definition) is 3. The molecule has 0 aliphatic heterocycles. The third kappa shape index (κ3) is 2.76. The number of aromatic carboxylic acids is 1. The number of carboxylic acids is 1. The van der Waals surface area contributed by atoms with Crippen LogP contribution in [0, 0.1) is 0 Å². The van der Waals surface area contributed by atoms with Crippen LogP contribution in [0.1, 0.15) is 10.4 Å². The van der Waals surface area contributed by atoms with Crippen molar-refractivity contribution in [3.05, 3.63) is 66.5 Å². The van der Waals surface area contributed by atoms with E-state index in [0.717, 1.165) is 16.8 Å². The van der Waals surface area contributed by atoms with Crippen LogP contribution in [0.3, 0.4) is 0 Å². The van der Waals surface area contributed by atoms with Gasteiger partial charge in [0.1, 0.15) is 0 Å². The van der Waals surface area contributed by atoms with Gasteiger partial charge < -0.3 is 10.4 Å². The average molecular weight is 279 g/mol. The number of para-hydroxylation sites is 1. The SMILES string of the molecule is O=C(O)c1cc(-c2cn[nH]c2)ccc1Nc1ccccc1. The molecule has 1 aromatic heterocycles. The number of anilines is 2. The van der Waals surface area contributed by atoms with Gasteiger partial charge in [-0.3, -0.25) is 5.10 Å². The predicted octanol–water partition coefficient (Wildman–Crippen LogP) is 3.52. The Balaban J connectivity index is 1.99. The average Bonchev–Trinajstić information content (AvgIpc) is 3.03. The molecule has 0 radical (unpaired) electrons. The lowest BCUT2D eigenvalue weighted by Crippen LogP contribution is -2.03. The molecule has 0 saturated carbocycles. The van der Waals surface area contributed by atoms with Crippen LogP contribution in [0.2, 0.25) is 0 Å². The number of carboxylic acid groups (broad SMARTS) is 1. The van der Waals surface area contributed by atoms with E-state index >= 15 is 0 Å². The molecule has 2 aromatic carbocycles. The molecule has 0 atom stereocenters. The molecule has 104 valence electrons. The maximum absolute atomic E-state index is 11.5. The van der Waals surface area contributed by atoms with Gasteiger partial charge in [0.25, 0.3) is 0 Å². The van der Waals surface area contributed by atoms with Gasteiger partial charge in [-0.1, -0.05) is 24.3 Å². The summed E-state index contributed by atoms with van der Waals surface area (Å²) in [5.41, 5.74) is 3.28. The monoisotopic (exact) mass is 279 g/mol. The molecular weight excluding hydrogens is 266 g/mol. The first-order valence-corrected chi connectivity index (χ1v) is 6.42. The first-order valence-electron chi connectivity index (χ1n) is 6.42. The molecule has 5 heteroatoms. The zero-order valence-electron chi connectivity index (χ0n) is 11.1. The Hall–Kier alpha value is -3.08. The van der Waals surface area contributed by atoms with Gasteiger partial charge >= 0.3 is 5.97 Å². The molecule has 0 aliphatic rings. The molecule has 0 fully saturated rings. The van der Waals surface area contributed by atoms with Crippen molar-refractivity contribution in [2.75, 3.05) is 5.32 Å². The quantitative estimate of drug-likeness (QED) is 0.682. The molecule has 0 spiro atoms. The molecule has 0 amide bonds. The minimum absolute atomic E-state index is 0.220. The van der Waals surface area contributed by atoms with E-state index in [1.54, 1.807) is 24.5 Å². The summed E-state index contributed by atoms with van der Waals surface area (Å²) in [5, 5.41) is 19.1. The molecule has 0 saturated heterocycles. The Labute approximate surface area is 121 Å². The normalized spacial score (nSPS) is 10.3. The molecule has 3 rings (SSSR count). The molecule has 0 bridgehead atoms. The van der Waals surface area contributed by atoms with E-state index in [1.807, 2.05) is 36.4 Å². The number of nitrogens with one attached hydrogen (secondary N) is 2. The van der Waals surface area contributed by atoms with Crippen LogP contribution in [-0.2, 0) is 0 Å². The topological polar surface area (TPSA) is 78.0 Å². The minimum atomic E-state index is -0.973. The standard InChI is InChI=1S/C16H13N3O2/c20-16(21)14-8-11(12-9-17-18-10-12)6-7-15(14)19-13-4-2-1-3-5-13/h1-10,19H,(H,17,18)(H,20,21). The van der Waals surface area contributed by atoms with Gasteiger partial charge in [0, 0.05) is 17.4 Å². The summed E-state index contributed by atoms with van der Waals surface area (Å²) in [6, 6.07) is 14.7. The van der Waals surface area contributed by atoms with Gasteiger partial charge in [-0.15, -0.1) is 0 Å². The van der Waals surface area contributed by atoms with E-state index < -0.39 is 5.97 Å². The van der Waals surface area contributed by atoms with Crippen molar-refractivity contribution in [1.29, 1.82) is 0 Å². The Morgan fingerprint density at radius 1 is 1.10 bits per heavy atom. The first kappa shape index (κ1) is 12.9. The Kier molecular flexibility index (Phi) is 3.39. The summed E-state index contributed by atoms with van der Waals surface area (Å²) in [5.74, 6) is -0.973. The molecule has 3 aromatic rings. The second-order valence-electron chi connectivity index (χ2n) is 4.54. The number of H-pyrrole nitrogens is 1. The van der Waals surface area contributed by atoms with Crippen molar-refractivity contribution in [3.8, 4) is 11.1 Å². The van der Waals surface area contributed by atoms with Crippen molar-refractivity contribution in [3.63, 3.8) is 0 Å². The number of hydrogen-bond donors (Lipinski definition) is 3. The summed E-state index contributed by atoms with van der Waals surface area (Å²) in [6.45, 7) is 0. The van der Waals surface area contributed by atoms with Gasteiger partial charge in [-0.25, -0.2) is 4.79 Å². The molecule has 0 aliphatic carbocycles. The lowest BCUT2D eigenvalue weighted by Gasteiger charge is -2.11. The Morgan fingerprint density at radius 3 is 2.57 bits per heavy atom. The molecular formula is C16H13N3O2. The fourth-order valence-corrected chi connectivity index (χ4v) is 2.10. The number of nitrogens with zero attached hydrogens (tertiary/aromatic N) is 1.